The van der Waals surface area contributed by atoms with Crippen LogP contribution in [0.5, 0.6) is 0 Å². The Kier molecular flexibility index (Phi) is 4.38. The molecule has 1 aliphatic heterocycles. The van der Waals surface area contributed by atoms with Crippen molar-refractivity contribution in [3.63, 3.8) is 0 Å². The summed E-state index contributed by atoms with van der Waals surface area (Å²) in [5.74, 6) is 0.0110. The Balaban J connectivity index is 2.44. The minimum absolute atomic E-state index is 0.0110. The summed E-state index contributed by atoms with van der Waals surface area (Å²) in [6.45, 7) is 3.98. The number of ether oxygens (including phenoxy) is 1. The van der Waals surface area contributed by atoms with Gasteiger partial charge < -0.3 is 23.5 Å². The smallest absolute Gasteiger partial charge is 0.146 e. The molecule has 90 valence electrons. The van der Waals surface area contributed by atoms with E-state index in [1.165, 1.54) is 7.11 Å². The van der Waals surface area contributed by atoms with E-state index in [2.05, 4.69) is 0 Å². The molecule has 5 nitrogen and oxygen atoms in total. The van der Waals surface area contributed by atoms with Crippen LogP contribution in [0.4, 0.5) is 0 Å². The SMILES string of the molecule is [BH3-]P(=O)(OC)OC[C@H]1O[C@@H](C)[C@@H](O)[C@@H]1C. The van der Waals surface area contributed by atoms with Crippen LogP contribution in [-0.4, -0.2) is 44.7 Å². The third-order valence-corrected chi connectivity index (χ3v) is 3.15. The minimum atomic E-state index is -2.70. The Morgan fingerprint density at radius 1 is 1.53 bits per heavy atom. The lowest BCUT2D eigenvalue weighted by atomic mass is 10.00. The van der Waals surface area contributed by atoms with E-state index in [-0.39, 0.29) is 24.7 Å². The van der Waals surface area contributed by atoms with Gasteiger partial charge >= 0.3 is 0 Å². The molecule has 0 radical (unpaired) electrons. The first kappa shape index (κ1) is 13.2. The predicted octanol–water partition coefficient (Wildman–Crippen LogP) is -0.0928. The molecule has 5 atom stereocenters. The zero-order valence-corrected chi connectivity index (χ0v) is 9.44. The maximum Gasteiger partial charge on any atom is 0.146 e. The maximum absolute atomic E-state index is 11.6. The van der Waals surface area contributed by atoms with Crippen LogP contribution >= 0.6 is 7.47 Å². The molecule has 0 amide bonds. The van der Waals surface area contributed by atoms with Crippen molar-refractivity contribution in [2.45, 2.75) is 32.2 Å². The molecule has 0 bridgehead atoms. The molecule has 0 saturated carbocycles. The summed E-state index contributed by atoms with van der Waals surface area (Å²) >= 11 is 0. The van der Waals surface area contributed by atoms with Crippen LogP contribution in [0.25, 0.3) is 0 Å². The van der Waals surface area contributed by atoms with Gasteiger partial charge in [-0.05, 0) is 6.92 Å². The van der Waals surface area contributed by atoms with Crippen LogP contribution in [0, 0.1) is 5.92 Å². The molecule has 0 spiro atoms. The van der Waals surface area contributed by atoms with E-state index in [1.807, 2.05) is 13.8 Å². The second-order valence-corrected chi connectivity index (χ2v) is 4.50. The molecule has 0 aromatic heterocycles. The molecule has 1 N–H and O–H groups in total. The monoisotopic (exact) mass is 237 g/mol. The highest BCUT2D eigenvalue weighted by atomic mass is 31.2. The van der Waals surface area contributed by atoms with E-state index in [9.17, 15) is 9.67 Å². The fourth-order valence-corrected chi connectivity index (χ4v) is 1.88. The summed E-state index contributed by atoms with van der Waals surface area (Å²) in [6, 6.07) is 0. The van der Waals surface area contributed by atoms with Crippen LogP contribution in [0.2, 0.25) is 0 Å². The zero-order valence-electron chi connectivity index (χ0n) is 8.54. The summed E-state index contributed by atoms with van der Waals surface area (Å²) in [6.07, 6.45) is -0.833. The molecule has 1 heterocycles. The van der Waals surface area contributed by atoms with Gasteiger partial charge in [0.25, 0.3) is 0 Å². The van der Waals surface area contributed by atoms with Gasteiger partial charge in [-0.25, -0.2) is 0 Å². The maximum atomic E-state index is 11.6. The molecule has 1 unspecified atom stereocenters. The van der Waals surface area contributed by atoms with Gasteiger partial charge in [0.15, 0.2) is 0 Å². The van der Waals surface area contributed by atoms with Gasteiger partial charge in [0.05, 0.1) is 32.5 Å². The highest BCUT2D eigenvalue weighted by Crippen LogP contribution is 2.42. The molecular weight excluding hydrogens is 218 g/mol. The first-order valence-electron chi connectivity index (χ1n) is 4.54. The van der Waals surface area contributed by atoms with E-state index in [1.54, 1.807) is 0 Å². The highest BCUT2D eigenvalue weighted by molar-refractivity contribution is 7.79. The van der Waals surface area contributed by atoms with Gasteiger partial charge in [-0.3, -0.25) is 0 Å². The zero-order chi connectivity index (χ0) is 11.6. The highest BCUT2D eigenvalue weighted by Gasteiger charge is 2.38. The van der Waals surface area contributed by atoms with Crippen molar-refractivity contribution in [3.05, 3.63) is 0 Å². The number of rotatable bonds is 4. The van der Waals surface area contributed by atoms with Gasteiger partial charge in [0.2, 0.25) is 0 Å². The van der Waals surface area contributed by atoms with Gasteiger partial charge in [-0.15, -0.1) is 0 Å². The summed E-state index contributed by atoms with van der Waals surface area (Å²) in [4.78, 5) is 0. The fraction of sp³-hybridized carbons (Fsp3) is 1.00. The molecule has 0 aliphatic carbocycles. The van der Waals surface area contributed by atoms with E-state index in [4.69, 9.17) is 13.8 Å². The van der Waals surface area contributed by atoms with E-state index in [0.717, 1.165) is 0 Å². The molecular formula is C8H19BO5P-. The average Bonchev–Trinajstić information content (AvgIpc) is 2.43. The summed E-state index contributed by atoms with van der Waals surface area (Å²) in [5, 5.41) is 9.66. The standard InChI is InChI=1S/C8H19BO5P/c1-5-7(14-6(2)8(5)10)4-13-15(9,11)12-3/h5-8,10H,4H2,1-3,9H3/q-1/t5-,6+,7-,8+,15?/m1/s1. The third kappa shape index (κ3) is 3.29. The molecule has 1 aliphatic rings. The largest absolute Gasteiger partial charge is 0.390 e. The quantitative estimate of drug-likeness (QED) is 0.546. The predicted molar refractivity (Wildman–Crippen MR) is 60.0 cm³/mol. The number of hydrogen-bond donors (Lipinski definition) is 1. The Morgan fingerprint density at radius 3 is 2.53 bits per heavy atom. The van der Waals surface area contributed by atoms with Gasteiger partial charge in [0.1, 0.15) is 7.47 Å². The van der Waals surface area contributed by atoms with Gasteiger partial charge in [-0.1, -0.05) is 6.92 Å². The number of aliphatic hydroxyl groups is 1. The molecule has 0 aromatic rings. The van der Waals surface area contributed by atoms with Crippen molar-refractivity contribution in [1.82, 2.24) is 0 Å². The van der Waals surface area contributed by atoms with Crippen LogP contribution in [0.3, 0.4) is 0 Å². The second-order valence-electron chi connectivity index (χ2n) is 3.43. The molecule has 7 heteroatoms. The lowest BCUT2D eigenvalue weighted by molar-refractivity contribution is 0.00181. The Labute approximate surface area is 91.0 Å². The van der Waals surface area contributed by atoms with E-state index >= 15 is 0 Å². The number of aliphatic hydroxyl groups excluding tert-OH is 1. The lowest BCUT2D eigenvalue weighted by Crippen LogP contribution is -2.25. The summed E-state index contributed by atoms with van der Waals surface area (Å²) in [7, 11) is -1.78. The molecule has 15 heavy (non-hydrogen) atoms. The molecule has 1 saturated heterocycles. The average molecular weight is 237 g/mol. The van der Waals surface area contributed by atoms with Gasteiger partial charge in [0, 0.05) is 13.0 Å². The Morgan fingerprint density at radius 2 is 2.13 bits per heavy atom. The van der Waals surface area contributed by atoms with Crippen LogP contribution in [0.15, 0.2) is 0 Å². The van der Waals surface area contributed by atoms with Crippen molar-refractivity contribution in [3.8, 4) is 0 Å². The van der Waals surface area contributed by atoms with Gasteiger partial charge in [-0.2, -0.15) is 0 Å². The van der Waals surface area contributed by atoms with Crippen molar-refractivity contribution < 1.29 is 23.5 Å². The van der Waals surface area contributed by atoms with E-state index in [0.29, 0.717) is 0 Å². The van der Waals surface area contributed by atoms with Crippen molar-refractivity contribution in [2.24, 2.45) is 5.92 Å². The first-order chi connectivity index (χ1) is 6.87. The third-order valence-electron chi connectivity index (χ3n) is 2.49. The van der Waals surface area contributed by atoms with Crippen LogP contribution in [0.1, 0.15) is 13.8 Å². The Bertz CT molecular complexity index is 261. The van der Waals surface area contributed by atoms with Crippen LogP contribution in [-0.2, 0) is 18.3 Å². The minimum Gasteiger partial charge on any atom is -0.390 e. The summed E-state index contributed by atoms with van der Waals surface area (Å²) < 4.78 is 27.1. The van der Waals surface area contributed by atoms with Crippen LogP contribution < -0.4 is 0 Å². The first-order valence-corrected chi connectivity index (χ1v) is 5.63. The number of hydrogen-bond acceptors (Lipinski definition) is 5. The lowest BCUT2D eigenvalue weighted by Gasteiger charge is -2.21. The van der Waals surface area contributed by atoms with Crippen molar-refractivity contribution in [1.29, 1.82) is 0 Å². The fourth-order valence-electron chi connectivity index (χ4n) is 1.51. The van der Waals surface area contributed by atoms with E-state index < -0.39 is 21.1 Å². The topological polar surface area (TPSA) is 65.0 Å². The van der Waals surface area contributed by atoms with Crippen molar-refractivity contribution >= 4 is 15.0 Å². The molecule has 0 aromatic carbocycles. The molecule has 1 rings (SSSR count). The molecule has 1 fully saturated rings. The second kappa shape index (κ2) is 4.98. The normalized spacial score (nSPS) is 40.3. The Hall–Kier alpha value is 0.135. The summed E-state index contributed by atoms with van der Waals surface area (Å²) in [5.41, 5.74) is 0. The van der Waals surface area contributed by atoms with Crippen molar-refractivity contribution in [2.75, 3.05) is 13.7 Å².